The largest absolute Gasteiger partial charge is 0.489 e. The summed E-state index contributed by atoms with van der Waals surface area (Å²) in [5.41, 5.74) is 3.26. The Labute approximate surface area is 188 Å². The van der Waals surface area contributed by atoms with Crippen molar-refractivity contribution < 1.29 is 14.3 Å². The van der Waals surface area contributed by atoms with Gasteiger partial charge in [-0.3, -0.25) is 19.9 Å². The maximum atomic E-state index is 11.7. The Kier molecular flexibility index (Phi) is 5.97. The van der Waals surface area contributed by atoms with Crippen LogP contribution in [-0.2, 0) is 4.79 Å². The second kappa shape index (κ2) is 8.68. The number of hydrogen-bond donors (Lipinski definition) is 2. The summed E-state index contributed by atoms with van der Waals surface area (Å²) < 4.78 is 7.06. The van der Waals surface area contributed by atoms with Gasteiger partial charge in [0.25, 0.3) is 11.1 Å². The molecule has 1 aromatic carbocycles. The molecule has 4 rings (SSSR count). The molecule has 2 aromatic heterocycles. The maximum absolute atomic E-state index is 11.7. The Morgan fingerprint density at radius 2 is 1.97 bits per heavy atom. The lowest BCUT2D eigenvalue weighted by Crippen LogP contribution is -2.17. The number of anilines is 1. The van der Waals surface area contributed by atoms with Crippen molar-refractivity contribution in [2.24, 2.45) is 0 Å². The van der Waals surface area contributed by atoms with Crippen LogP contribution in [0.25, 0.3) is 27.6 Å². The van der Waals surface area contributed by atoms with E-state index in [2.05, 4.69) is 29.5 Å². The summed E-state index contributed by atoms with van der Waals surface area (Å²) >= 11 is 2.46. The van der Waals surface area contributed by atoms with Crippen LogP contribution in [-0.4, -0.2) is 33.3 Å². The average molecular weight is 455 g/mol. The SMILES string of the molecule is CC(C)Nc1nc2cc(-c3ccc(/C=C4\SC(=O)NC4=O)cn3)cc(OC(C)C)c2s1. The third-order valence-electron chi connectivity index (χ3n) is 4.25. The third-order valence-corrected chi connectivity index (χ3v) is 6.08. The molecule has 1 aliphatic rings. The zero-order valence-electron chi connectivity index (χ0n) is 17.6. The number of benzene rings is 1. The number of carbonyl (C=O) groups is 2. The highest BCUT2D eigenvalue weighted by molar-refractivity contribution is 8.18. The van der Waals surface area contributed by atoms with Gasteiger partial charge >= 0.3 is 0 Å². The molecule has 0 unspecified atom stereocenters. The van der Waals surface area contributed by atoms with E-state index in [4.69, 9.17) is 9.72 Å². The summed E-state index contributed by atoms with van der Waals surface area (Å²) in [5.74, 6) is 0.400. The summed E-state index contributed by atoms with van der Waals surface area (Å²) in [4.78, 5) is 32.7. The first-order valence-corrected chi connectivity index (χ1v) is 11.5. The van der Waals surface area contributed by atoms with Crippen LogP contribution in [0.1, 0.15) is 33.3 Å². The lowest BCUT2D eigenvalue weighted by molar-refractivity contribution is -0.115. The number of thiazole rings is 1. The highest BCUT2D eigenvalue weighted by Gasteiger charge is 2.25. The molecular weight excluding hydrogens is 432 g/mol. The van der Waals surface area contributed by atoms with Crippen molar-refractivity contribution in [1.29, 1.82) is 0 Å². The molecule has 0 atom stereocenters. The number of fused-ring (bicyclic) bond motifs is 1. The first-order valence-electron chi connectivity index (χ1n) is 9.87. The van der Waals surface area contributed by atoms with Crippen LogP contribution in [0.15, 0.2) is 35.4 Å². The molecule has 2 amide bonds. The van der Waals surface area contributed by atoms with Crippen LogP contribution >= 0.6 is 23.1 Å². The lowest BCUT2D eigenvalue weighted by atomic mass is 10.1. The number of pyridine rings is 1. The third kappa shape index (κ3) is 4.88. The predicted octanol–water partition coefficient (Wildman–Crippen LogP) is 5.29. The van der Waals surface area contributed by atoms with Crippen molar-refractivity contribution >= 4 is 55.7 Å². The van der Waals surface area contributed by atoms with Crippen LogP contribution in [0.2, 0.25) is 0 Å². The highest BCUT2D eigenvalue weighted by atomic mass is 32.2. The molecule has 1 fully saturated rings. The Bertz CT molecular complexity index is 1180. The molecule has 0 aliphatic carbocycles. The van der Waals surface area contributed by atoms with Crippen LogP contribution in [0.4, 0.5) is 9.93 Å². The number of nitrogens with zero attached hydrogens (tertiary/aromatic N) is 2. The molecular formula is C22H22N4O3S2. The minimum absolute atomic E-state index is 0.0294. The van der Waals surface area contributed by atoms with Gasteiger partial charge in [-0.05, 0) is 69.3 Å². The standard InChI is InChI=1S/C22H22N4O3S2/c1-11(2)24-21-25-16-8-14(9-17(19(16)31-21)29-12(3)4)15-6-5-13(10-23-15)7-18-20(27)26-22(28)30-18/h5-12H,1-4H3,(H,24,25)(H,26,27,28)/b18-7-. The first-order chi connectivity index (χ1) is 14.8. The second-order valence-corrected chi connectivity index (χ2v) is 9.65. The van der Waals surface area contributed by atoms with Crippen molar-refractivity contribution in [3.63, 3.8) is 0 Å². The molecule has 2 N–H and O–H groups in total. The molecule has 7 nitrogen and oxygen atoms in total. The number of nitrogens with one attached hydrogen (secondary N) is 2. The quantitative estimate of drug-likeness (QED) is 0.489. The van der Waals surface area contributed by atoms with Crippen molar-refractivity contribution in [2.45, 2.75) is 39.8 Å². The Morgan fingerprint density at radius 1 is 1.16 bits per heavy atom. The minimum atomic E-state index is -0.380. The topological polar surface area (TPSA) is 93.2 Å². The van der Waals surface area contributed by atoms with Gasteiger partial charge in [0, 0.05) is 17.8 Å². The minimum Gasteiger partial charge on any atom is -0.489 e. The van der Waals surface area contributed by atoms with E-state index < -0.39 is 0 Å². The van der Waals surface area contributed by atoms with Gasteiger partial charge in [0.15, 0.2) is 5.13 Å². The Hall–Kier alpha value is -2.91. The normalized spacial score (nSPS) is 15.4. The monoisotopic (exact) mass is 454 g/mol. The molecule has 0 bridgehead atoms. The molecule has 3 heterocycles. The van der Waals surface area contributed by atoms with E-state index in [1.807, 2.05) is 38.1 Å². The molecule has 0 saturated carbocycles. The molecule has 1 aliphatic heterocycles. The fourth-order valence-electron chi connectivity index (χ4n) is 3.03. The van der Waals surface area contributed by atoms with E-state index in [1.54, 1.807) is 23.6 Å². The maximum Gasteiger partial charge on any atom is 0.290 e. The van der Waals surface area contributed by atoms with E-state index in [0.717, 1.165) is 49.7 Å². The van der Waals surface area contributed by atoms with Gasteiger partial charge < -0.3 is 10.1 Å². The summed E-state index contributed by atoms with van der Waals surface area (Å²) in [6.45, 7) is 8.14. The molecule has 9 heteroatoms. The van der Waals surface area contributed by atoms with Gasteiger partial charge in [-0.1, -0.05) is 17.4 Å². The first kappa shape index (κ1) is 21.3. The number of thioether (sulfide) groups is 1. The van der Waals surface area contributed by atoms with Crippen molar-refractivity contribution in [2.75, 3.05) is 5.32 Å². The smallest absolute Gasteiger partial charge is 0.290 e. The van der Waals surface area contributed by atoms with Gasteiger partial charge in [0.2, 0.25) is 0 Å². The van der Waals surface area contributed by atoms with Gasteiger partial charge in [-0.2, -0.15) is 0 Å². The summed E-state index contributed by atoms with van der Waals surface area (Å²) in [7, 11) is 0. The van der Waals surface area contributed by atoms with Crippen LogP contribution in [0.5, 0.6) is 5.75 Å². The number of ether oxygens (including phenoxy) is 1. The molecule has 3 aromatic rings. The molecule has 0 radical (unpaired) electrons. The number of carbonyl (C=O) groups excluding carboxylic acids is 2. The van der Waals surface area contributed by atoms with Gasteiger partial charge in [-0.25, -0.2) is 4.98 Å². The number of rotatable bonds is 6. The van der Waals surface area contributed by atoms with Gasteiger partial charge in [0.05, 0.1) is 26.9 Å². The number of hydrogen-bond acceptors (Lipinski definition) is 8. The van der Waals surface area contributed by atoms with Crippen molar-refractivity contribution in [1.82, 2.24) is 15.3 Å². The molecule has 31 heavy (non-hydrogen) atoms. The zero-order chi connectivity index (χ0) is 22.1. The van der Waals surface area contributed by atoms with E-state index in [1.165, 1.54) is 0 Å². The van der Waals surface area contributed by atoms with Crippen molar-refractivity contribution in [3.8, 4) is 17.0 Å². The number of aromatic nitrogens is 2. The van der Waals surface area contributed by atoms with Gasteiger partial charge in [0.1, 0.15) is 5.75 Å². The summed E-state index contributed by atoms with van der Waals surface area (Å²) in [5, 5.41) is 6.10. The van der Waals surface area contributed by atoms with E-state index in [-0.39, 0.29) is 23.3 Å². The predicted molar refractivity (Wildman–Crippen MR) is 126 cm³/mol. The molecule has 0 spiro atoms. The Morgan fingerprint density at radius 3 is 2.58 bits per heavy atom. The molecule has 1 saturated heterocycles. The summed E-state index contributed by atoms with van der Waals surface area (Å²) in [6.07, 6.45) is 3.36. The molecule has 160 valence electrons. The summed E-state index contributed by atoms with van der Waals surface area (Å²) in [6, 6.07) is 8.02. The zero-order valence-corrected chi connectivity index (χ0v) is 19.2. The highest BCUT2D eigenvalue weighted by Crippen LogP contribution is 2.38. The van der Waals surface area contributed by atoms with Crippen LogP contribution in [0.3, 0.4) is 0 Å². The second-order valence-electron chi connectivity index (χ2n) is 7.64. The van der Waals surface area contributed by atoms with E-state index >= 15 is 0 Å². The Balaban J connectivity index is 1.69. The number of imide groups is 1. The lowest BCUT2D eigenvalue weighted by Gasteiger charge is -2.12. The fraction of sp³-hybridized carbons (Fsp3) is 0.273. The van der Waals surface area contributed by atoms with Crippen LogP contribution < -0.4 is 15.4 Å². The van der Waals surface area contributed by atoms with Crippen LogP contribution in [0, 0.1) is 0 Å². The van der Waals surface area contributed by atoms with Gasteiger partial charge in [-0.15, -0.1) is 0 Å². The van der Waals surface area contributed by atoms with E-state index in [9.17, 15) is 9.59 Å². The van der Waals surface area contributed by atoms with E-state index in [0.29, 0.717) is 4.91 Å². The van der Waals surface area contributed by atoms with Crippen molar-refractivity contribution in [3.05, 3.63) is 40.9 Å². The number of amides is 2. The average Bonchev–Trinajstić information content (AvgIpc) is 3.23. The fourth-order valence-corrected chi connectivity index (χ4v) is 4.76.